The van der Waals surface area contributed by atoms with Crippen molar-refractivity contribution in [3.8, 4) is 0 Å². The van der Waals surface area contributed by atoms with Gasteiger partial charge in [0.2, 0.25) is 0 Å². The molecule has 0 aliphatic carbocycles. The zero-order valence-corrected chi connectivity index (χ0v) is 13.2. The van der Waals surface area contributed by atoms with Crippen molar-refractivity contribution in [2.24, 2.45) is 5.92 Å². The molecule has 0 radical (unpaired) electrons. The van der Waals surface area contributed by atoms with Crippen LogP contribution in [0.3, 0.4) is 0 Å². The maximum Gasteiger partial charge on any atom is 0.303 e. The molecule has 126 valence electrons. The highest BCUT2D eigenvalue weighted by molar-refractivity contribution is 5.75. The van der Waals surface area contributed by atoms with E-state index in [2.05, 4.69) is 13.8 Å². The predicted octanol–water partition coefficient (Wildman–Crippen LogP) is 1.38. The van der Waals surface area contributed by atoms with Gasteiger partial charge in [0.25, 0.3) is 0 Å². The number of aliphatic hydroxyl groups is 1. The summed E-state index contributed by atoms with van der Waals surface area (Å²) < 4.78 is 10.8. The topological polar surface area (TPSA) is 113 Å². The second-order valence-electron chi connectivity index (χ2n) is 5.15. The van der Waals surface area contributed by atoms with Gasteiger partial charge in [-0.1, -0.05) is 13.8 Å². The van der Waals surface area contributed by atoms with Gasteiger partial charge in [-0.15, -0.1) is 0 Å². The highest BCUT2D eigenvalue weighted by atomic mass is 16.5. The Balaban J connectivity index is 0. The maximum absolute atomic E-state index is 9.64. The molecule has 0 rings (SSSR count). The average molecular weight is 308 g/mol. The number of aliphatic hydroxyl groups excluding tert-OH is 1. The molecule has 2 unspecified atom stereocenters. The molecule has 7 nitrogen and oxygen atoms in total. The molecule has 2 atom stereocenters. The summed E-state index contributed by atoms with van der Waals surface area (Å²) in [6.07, 6.45) is -0.577. The fourth-order valence-electron chi connectivity index (χ4n) is 0.971. The second kappa shape index (κ2) is 13.8. The SMILES string of the molecule is CC(C)COC(C)COC(C)CO.O=C(O)CCC(=O)O. The summed E-state index contributed by atoms with van der Waals surface area (Å²) in [7, 11) is 0. The van der Waals surface area contributed by atoms with Crippen LogP contribution in [0.2, 0.25) is 0 Å². The molecular weight excluding hydrogens is 280 g/mol. The molecule has 0 amide bonds. The lowest BCUT2D eigenvalue weighted by Gasteiger charge is -2.17. The van der Waals surface area contributed by atoms with Crippen LogP contribution in [0.1, 0.15) is 40.5 Å². The molecule has 0 saturated heterocycles. The minimum Gasteiger partial charge on any atom is -0.481 e. The predicted molar refractivity (Wildman–Crippen MR) is 77.3 cm³/mol. The van der Waals surface area contributed by atoms with Crippen molar-refractivity contribution in [1.82, 2.24) is 0 Å². The molecule has 0 heterocycles. The fourth-order valence-corrected chi connectivity index (χ4v) is 0.971. The van der Waals surface area contributed by atoms with E-state index in [4.69, 9.17) is 24.8 Å². The number of aliphatic carboxylic acids is 2. The molecule has 0 fully saturated rings. The highest BCUT2D eigenvalue weighted by Gasteiger charge is 2.06. The van der Waals surface area contributed by atoms with E-state index in [1.165, 1.54) is 0 Å². The van der Waals surface area contributed by atoms with E-state index >= 15 is 0 Å². The third kappa shape index (κ3) is 21.3. The van der Waals surface area contributed by atoms with Crippen LogP contribution in [0.5, 0.6) is 0 Å². The Morgan fingerprint density at radius 2 is 1.29 bits per heavy atom. The molecule has 0 aromatic heterocycles. The molecule has 21 heavy (non-hydrogen) atoms. The Hall–Kier alpha value is -1.18. The lowest BCUT2D eigenvalue weighted by atomic mass is 10.2. The average Bonchev–Trinajstić information content (AvgIpc) is 2.40. The summed E-state index contributed by atoms with van der Waals surface area (Å²) >= 11 is 0. The molecule has 0 saturated carbocycles. The number of hydrogen-bond donors (Lipinski definition) is 3. The summed E-state index contributed by atoms with van der Waals surface area (Å²) in [5.74, 6) is -1.60. The van der Waals surface area contributed by atoms with Gasteiger partial charge in [-0.2, -0.15) is 0 Å². The van der Waals surface area contributed by atoms with Crippen LogP contribution in [0.15, 0.2) is 0 Å². The van der Waals surface area contributed by atoms with Crippen molar-refractivity contribution in [3.63, 3.8) is 0 Å². The number of carboxylic acids is 2. The van der Waals surface area contributed by atoms with Crippen molar-refractivity contribution in [3.05, 3.63) is 0 Å². The largest absolute Gasteiger partial charge is 0.481 e. The van der Waals surface area contributed by atoms with E-state index in [1.807, 2.05) is 13.8 Å². The first-order chi connectivity index (χ1) is 9.68. The third-order valence-corrected chi connectivity index (χ3v) is 2.14. The molecule has 0 aliphatic heterocycles. The van der Waals surface area contributed by atoms with Crippen LogP contribution in [-0.4, -0.2) is 59.3 Å². The molecule has 0 aromatic carbocycles. The van der Waals surface area contributed by atoms with E-state index in [9.17, 15) is 9.59 Å². The van der Waals surface area contributed by atoms with Gasteiger partial charge in [-0.05, 0) is 19.8 Å². The van der Waals surface area contributed by atoms with Crippen molar-refractivity contribution >= 4 is 11.9 Å². The zero-order valence-electron chi connectivity index (χ0n) is 13.2. The summed E-state index contributed by atoms with van der Waals surface area (Å²) in [4.78, 5) is 19.3. The Morgan fingerprint density at radius 1 is 0.857 bits per heavy atom. The van der Waals surface area contributed by atoms with Crippen molar-refractivity contribution in [1.29, 1.82) is 0 Å². The van der Waals surface area contributed by atoms with Crippen LogP contribution in [0.4, 0.5) is 0 Å². The minimum absolute atomic E-state index is 0.0664. The summed E-state index contributed by atoms with van der Waals surface area (Å²) in [6.45, 7) is 9.43. The Labute approximate surface area is 125 Å². The van der Waals surface area contributed by atoms with E-state index in [-0.39, 0.29) is 31.7 Å². The normalized spacial score (nSPS) is 13.2. The van der Waals surface area contributed by atoms with Crippen LogP contribution >= 0.6 is 0 Å². The van der Waals surface area contributed by atoms with Crippen LogP contribution < -0.4 is 0 Å². The first-order valence-electron chi connectivity index (χ1n) is 6.96. The summed E-state index contributed by atoms with van der Waals surface area (Å²) in [5.41, 5.74) is 0. The van der Waals surface area contributed by atoms with Gasteiger partial charge in [-0.3, -0.25) is 9.59 Å². The zero-order chi connectivity index (χ0) is 16.8. The van der Waals surface area contributed by atoms with Crippen LogP contribution in [0, 0.1) is 5.92 Å². The van der Waals surface area contributed by atoms with Gasteiger partial charge in [0, 0.05) is 6.61 Å². The number of ether oxygens (including phenoxy) is 2. The molecule has 0 aromatic rings. The standard InChI is InChI=1S/C10H22O3.C4H6O4/c1-8(2)6-12-10(4)7-13-9(3)5-11;5-3(6)1-2-4(7)8/h8-11H,5-7H2,1-4H3;1-2H2,(H,5,6)(H,7,8). The highest BCUT2D eigenvalue weighted by Crippen LogP contribution is 2.00. The fraction of sp³-hybridized carbons (Fsp3) is 0.857. The maximum atomic E-state index is 9.64. The number of carbonyl (C=O) groups is 2. The van der Waals surface area contributed by atoms with Crippen molar-refractivity contribution in [2.75, 3.05) is 19.8 Å². The molecular formula is C14H28O7. The van der Waals surface area contributed by atoms with Crippen LogP contribution in [-0.2, 0) is 19.1 Å². The van der Waals surface area contributed by atoms with Gasteiger partial charge in [0.05, 0.1) is 38.3 Å². The number of carboxylic acid groups (broad SMARTS) is 2. The molecule has 0 spiro atoms. The van der Waals surface area contributed by atoms with E-state index < -0.39 is 11.9 Å². The van der Waals surface area contributed by atoms with Gasteiger partial charge < -0.3 is 24.8 Å². The van der Waals surface area contributed by atoms with E-state index in [0.717, 1.165) is 6.61 Å². The first-order valence-corrected chi connectivity index (χ1v) is 6.96. The lowest BCUT2D eigenvalue weighted by molar-refractivity contribution is -0.143. The third-order valence-electron chi connectivity index (χ3n) is 2.14. The Bertz CT molecular complexity index is 264. The van der Waals surface area contributed by atoms with Crippen molar-refractivity contribution < 1.29 is 34.4 Å². The Morgan fingerprint density at radius 3 is 1.62 bits per heavy atom. The van der Waals surface area contributed by atoms with Crippen molar-refractivity contribution in [2.45, 2.75) is 52.7 Å². The monoisotopic (exact) mass is 308 g/mol. The van der Waals surface area contributed by atoms with Crippen LogP contribution in [0.25, 0.3) is 0 Å². The Kier molecular flexibility index (Phi) is 14.5. The number of hydrogen-bond acceptors (Lipinski definition) is 5. The lowest BCUT2D eigenvalue weighted by Crippen LogP contribution is -2.23. The number of rotatable bonds is 10. The van der Waals surface area contributed by atoms with E-state index in [0.29, 0.717) is 12.5 Å². The second-order valence-corrected chi connectivity index (χ2v) is 5.15. The minimum atomic E-state index is -1.08. The van der Waals surface area contributed by atoms with Gasteiger partial charge >= 0.3 is 11.9 Å². The van der Waals surface area contributed by atoms with Gasteiger partial charge in [0.1, 0.15) is 0 Å². The molecule has 0 bridgehead atoms. The smallest absolute Gasteiger partial charge is 0.303 e. The quantitative estimate of drug-likeness (QED) is 0.558. The summed E-state index contributed by atoms with van der Waals surface area (Å²) in [6, 6.07) is 0. The molecule has 0 aliphatic rings. The van der Waals surface area contributed by atoms with Gasteiger partial charge in [0.15, 0.2) is 0 Å². The van der Waals surface area contributed by atoms with E-state index in [1.54, 1.807) is 0 Å². The molecule has 3 N–H and O–H groups in total. The van der Waals surface area contributed by atoms with Gasteiger partial charge in [-0.25, -0.2) is 0 Å². The first kappa shape index (κ1) is 22.1. The molecule has 7 heteroatoms. The summed E-state index contributed by atoms with van der Waals surface area (Å²) in [5, 5.41) is 24.5.